The summed E-state index contributed by atoms with van der Waals surface area (Å²) in [6.45, 7) is 0.510. The summed E-state index contributed by atoms with van der Waals surface area (Å²) in [6.07, 6.45) is 0. The van der Waals surface area contributed by atoms with Gasteiger partial charge in [0, 0.05) is 0 Å². The molecule has 4 heteroatoms. The Balaban J connectivity index is 1.96. The van der Waals surface area contributed by atoms with Crippen molar-refractivity contribution in [2.45, 2.75) is 12.1 Å². The summed E-state index contributed by atoms with van der Waals surface area (Å²) < 4.78 is 5.61. The molecule has 18 heavy (non-hydrogen) atoms. The smallest absolute Gasteiger partial charge is 0.190 e. The summed E-state index contributed by atoms with van der Waals surface area (Å²) >= 11 is 5.70. The highest BCUT2D eigenvalue weighted by Gasteiger charge is 2.06. The molecule has 1 atom stereocenters. The normalized spacial score (nSPS) is 11.8. The Morgan fingerprint density at radius 1 is 1.06 bits per heavy atom. The molecule has 0 heterocycles. The van der Waals surface area contributed by atoms with Crippen LogP contribution in [0.4, 0.5) is 0 Å². The van der Waals surface area contributed by atoms with Gasteiger partial charge >= 0.3 is 0 Å². The van der Waals surface area contributed by atoms with Gasteiger partial charge in [0.25, 0.3) is 0 Å². The highest BCUT2D eigenvalue weighted by molar-refractivity contribution is 6.20. The van der Waals surface area contributed by atoms with Crippen LogP contribution in [-0.4, -0.2) is 0 Å². The number of benzene rings is 2. The van der Waals surface area contributed by atoms with Gasteiger partial charge in [-0.2, -0.15) is 0 Å². The fraction of sp³-hybridized carbons (Fsp3) is 0.143. The number of ether oxygens (including phenoxy) is 1. The van der Waals surface area contributed by atoms with Crippen LogP contribution in [0.25, 0.3) is 0 Å². The monoisotopic (exact) mass is 261 g/mol. The van der Waals surface area contributed by atoms with E-state index in [2.05, 4.69) is 5.18 Å². The molecule has 0 aliphatic carbocycles. The first-order valence-electron chi connectivity index (χ1n) is 5.53. The first-order valence-corrected chi connectivity index (χ1v) is 5.96. The molecule has 92 valence electrons. The van der Waals surface area contributed by atoms with E-state index in [1.165, 1.54) is 0 Å². The third-order valence-electron chi connectivity index (χ3n) is 2.50. The number of alkyl halides is 1. The molecule has 0 bridgehead atoms. The van der Waals surface area contributed by atoms with Crippen molar-refractivity contribution in [3.05, 3.63) is 70.6 Å². The van der Waals surface area contributed by atoms with Gasteiger partial charge in [-0.3, -0.25) is 0 Å². The van der Waals surface area contributed by atoms with Crippen LogP contribution in [0.15, 0.2) is 59.8 Å². The highest BCUT2D eigenvalue weighted by Crippen LogP contribution is 2.23. The average molecular weight is 262 g/mol. The van der Waals surface area contributed by atoms with E-state index in [1.54, 1.807) is 24.3 Å². The Morgan fingerprint density at radius 2 is 1.72 bits per heavy atom. The topological polar surface area (TPSA) is 38.7 Å². The summed E-state index contributed by atoms with van der Waals surface area (Å²) in [7, 11) is 0. The SMILES string of the molecule is O=NC(Cl)c1ccc(OCc2ccccc2)cc1. The molecular formula is C14H12ClNO2. The molecule has 1 unspecified atom stereocenters. The van der Waals surface area contributed by atoms with Crippen molar-refractivity contribution in [1.29, 1.82) is 0 Å². The first-order chi connectivity index (χ1) is 8.79. The summed E-state index contributed by atoms with van der Waals surface area (Å²) in [5, 5.41) is 2.76. The Morgan fingerprint density at radius 3 is 2.33 bits per heavy atom. The third-order valence-corrected chi connectivity index (χ3v) is 2.83. The minimum Gasteiger partial charge on any atom is -0.489 e. The van der Waals surface area contributed by atoms with E-state index >= 15 is 0 Å². The second-order valence-corrected chi connectivity index (χ2v) is 4.20. The minimum absolute atomic E-state index is 0.510. The van der Waals surface area contributed by atoms with Crippen molar-refractivity contribution < 1.29 is 4.74 Å². The van der Waals surface area contributed by atoms with Crippen LogP contribution >= 0.6 is 11.6 Å². The summed E-state index contributed by atoms with van der Waals surface area (Å²) in [4.78, 5) is 10.3. The molecule has 0 aromatic heterocycles. The van der Waals surface area contributed by atoms with Gasteiger partial charge in [-0.05, 0) is 28.4 Å². The molecule has 0 aliphatic rings. The maximum Gasteiger partial charge on any atom is 0.190 e. The Labute approximate surface area is 110 Å². The standard InChI is InChI=1S/C14H12ClNO2/c15-14(16-17)12-6-8-13(9-7-12)18-10-11-4-2-1-3-5-11/h1-9,14H,10H2. The molecule has 2 rings (SSSR count). The quantitative estimate of drug-likeness (QED) is 0.458. The van der Waals surface area contributed by atoms with Crippen LogP contribution in [0.5, 0.6) is 5.75 Å². The maximum atomic E-state index is 10.3. The number of hydrogen-bond acceptors (Lipinski definition) is 3. The lowest BCUT2D eigenvalue weighted by Gasteiger charge is -2.07. The Bertz CT molecular complexity index is 499. The molecule has 3 nitrogen and oxygen atoms in total. The molecule has 0 spiro atoms. The van der Waals surface area contributed by atoms with Crippen LogP contribution in [0, 0.1) is 4.91 Å². The molecule has 0 saturated carbocycles. The van der Waals surface area contributed by atoms with Crippen molar-refractivity contribution in [2.75, 3.05) is 0 Å². The zero-order chi connectivity index (χ0) is 12.8. The van der Waals surface area contributed by atoms with E-state index in [-0.39, 0.29) is 0 Å². The average Bonchev–Trinajstić information content (AvgIpc) is 2.46. The minimum atomic E-state index is -0.840. The van der Waals surface area contributed by atoms with Crippen LogP contribution in [0.1, 0.15) is 16.6 Å². The lowest BCUT2D eigenvalue weighted by Crippen LogP contribution is -1.95. The predicted octanol–water partition coefficient (Wildman–Crippen LogP) is 4.27. The number of hydrogen-bond donors (Lipinski definition) is 0. The molecule has 2 aromatic rings. The van der Waals surface area contributed by atoms with Gasteiger partial charge < -0.3 is 4.74 Å². The predicted molar refractivity (Wildman–Crippen MR) is 71.6 cm³/mol. The van der Waals surface area contributed by atoms with Gasteiger partial charge in [-0.15, -0.1) is 4.91 Å². The second kappa shape index (κ2) is 6.17. The van der Waals surface area contributed by atoms with Gasteiger partial charge in [0.2, 0.25) is 0 Å². The van der Waals surface area contributed by atoms with Gasteiger partial charge in [0.15, 0.2) is 5.50 Å². The van der Waals surface area contributed by atoms with Crippen LogP contribution < -0.4 is 4.74 Å². The van der Waals surface area contributed by atoms with E-state index in [1.807, 2.05) is 30.3 Å². The van der Waals surface area contributed by atoms with Gasteiger partial charge in [0.05, 0.1) is 0 Å². The van der Waals surface area contributed by atoms with Crippen LogP contribution in [-0.2, 0) is 6.61 Å². The Kier molecular flexibility index (Phi) is 4.31. The van der Waals surface area contributed by atoms with Crippen LogP contribution in [0.3, 0.4) is 0 Å². The molecule has 0 N–H and O–H groups in total. The van der Waals surface area contributed by atoms with Gasteiger partial charge in [-0.1, -0.05) is 54.1 Å². The number of halogens is 1. The number of rotatable bonds is 5. The molecule has 0 amide bonds. The molecule has 0 aliphatic heterocycles. The molecular weight excluding hydrogens is 250 g/mol. The fourth-order valence-electron chi connectivity index (χ4n) is 1.52. The van der Waals surface area contributed by atoms with Crippen LogP contribution in [0.2, 0.25) is 0 Å². The maximum absolute atomic E-state index is 10.3. The van der Waals surface area contributed by atoms with Crippen molar-refractivity contribution in [3.8, 4) is 5.75 Å². The van der Waals surface area contributed by atoms with E-state index in [0.717, 1.165) is 11.3 Å². The van der Waals surface area contributed by atoms with E-state index in [4.69, 9.17) is 16.3 Å². The lowest BCUT2D eigenvalue weighted by atomic mass is 10.2. The number of nitrogens with zero attached hydrogens (tertiary/aromatic N) is 1. The first kappa shape index (κ1) is 12.6. The van der Waals surface area contributed by atoms with Crippen molar-refractivity contribution >= 4 is 11.6 Å². The zero-order valence-corrected chi connectivity index (χ0v) is 10.4. The fourth-order valence-corrected chi connectivity index (χ4v) is 1.67. The van der Waals surface area contributed by atoms with Crippen molar-refractivity contribution in [3.63, 3.8) is 0 Å². The highest BCUT2D eigenvalue weighted by atomic mass is 35.5. The molecule has 0 saturated heterocycles. The van der Waals surface area contributed by atoms with Crippen molar-refractivity contribution in [1.82, 2.24) is 0 Å². The van der Waals surface area contributed by atoms with Gasteiger partial charge in [-0.25, -0.2) is 0 Å². The summed E-state index contributed by atoms with van der Waals surface area (Å²) in [6, 6.07) is 16.9. The van der Waals surface area contributed by atoms with Gasteiger partial charge in [0.1, 0.15) is 12.4 Å². The molecule has 0 radical (unpaired) electrons. The number of nitroso groups, excluding NO2 is 1. The molecule has 2 aromatic carbocycles. The second-order valence-electron chi connectivity index (χ2n) is 3.78. The lowest BCUT2D eigenvalue weighted by molar-refractivity contribution is 0.306. The largest absolute Gasteiger partial charge is 0.489 e. The summed E-state index contributed by atoms with van der Waals surface area (Å²) in [5.74, 6) is 0.734. The van der Waals surface area contributed by atoms with Crippen molar-refractivity contribution in [2.24, 2.45) is 5.18 Å². The van der Waals surface area contributed by atoms with E-state index in [0.29, 0.717) is 12.2 Å². The van der Waals surface area contributed by atoms with E-state index < -0.39 is 5.50 Å². The summed E-state index contributed by atoms with van der Waals surface area (Å²) in [5.41, 5.74) is 0.929. The zero-order valence-electron chi connectivity index (χ0n) is 9.62. The third kappa shape index (κ3) is 3.31. The Hall–Kier alpha value is -1.87. The van der Waals surface area contributed by atoms with E-state index in [9.17, 15) is 4.91 Å². The molecule has 0 fully saturated rings.